The number of furan rings is 1. The summed E-state index contributed by atoms with van der Waals surface area (Å²) in [5.74, 6) is -0.781. The quantitative estimate of drug-likeness (QED) is 0.775. The number of rotatable bonds is 4. The molecule has 2 aromatic heterocycles. The first-order valence-corrected chi connectivity index (χ1v) is 6.72. The first-order valence-electron chi connectivity index (χ1n) is 5.97. The number of hydrogen-bond acceptors (Lipinski definition) is 3. The van der Waals surface area contributed by atoms with Gasteiger partial charge in [0, 0.05) is 0 Å². The number of carbonyl (C=O) groups excluding carboxylic acids is 1. The molecule has 0 aliphatic rings. The smallest absolute Gasteiger partial charge is 0.406 e. The lowest BCUT2D eigenvalue weighted by molar-refractivity contribution is -0.142. The van der Waals surface area contributed by atoms with E-state index < -0.39 is 18.6 Å². The fraction of sp³-hybridized carbons (Fsp3) is 0.231. The standard InChI is InChI=1S/C13H9Cl2F3N2O2/c14-9-3-4-10(15)19-11(9)12(21)20(7-13(16,17)18)6-8-2-1-5-22-8/h1-5H,6-7H2. The number of amides is 1. The van der Waals surface area contributed by atoms with E-state index in [0.29, 0.717) is 4.90 Å². The third-order valence-corrected chi connectivity index (χ3v) is 3.11. The SMILES string of the molecule is O=C(c1nc(Cl)ccc1Cl)N(Cc1ccco1)CC(F)(F)F. The molecule has 2 heterocycles. The van der Waals surface area contributed by atoms with Gasteiger partial charge in [-0.05, 0) is 24.3 Å². The van der Waals surface area contributed by atoms with Crippen LogP contribution in [0.3, 0.4) is 0 Å². The number of alkyl halides is 3. The molecule has 0 fully saturated rings. The molecular weight excluding hydrogens is 344 g/mol. The summed E-state index contributed by atoms with van der Waals surface area (Å²) in [6.45, 7) is -1.83. The molecule has 0 aromatic carbocycles. The summed E-state index contributed by atoms with van der Waals surface area (Å²) in [6.07, 6.45) is -3.27. The first kappa shape index (κ1) is 16.6. The Balaban J connectivity index is 2.30. The van der Waals surface area contributed by atoms with Crippen molar-refractivity contribution in [1.82, 2.24) is 9.88 Å². The predicted molar refractivity (Wildman–Crippen MR) is 73.8 cm³/mol. The van der Waals surface area contributed by atoms with Gasteiger partial charge in [-0.15, -0.1) is 0 Å². The maximum absolute atomic E-state index is 12.7. The molecule has 9 heteroatoms. The second-order valence-electron chi connectivity index (χ2n) is 4.32. The van der Waals surface area contributed by atoms with Crippen molar-refractivity contribution >= 4 is 29.1 Å². The van der Waals surface area contributed by atoms with Crippen LogP contribution in [-0.2, 0) is 6.54 Å². The van der Waals surface area contributed by atoms with Crippen molar-refractivity contribution in [2.24, 2.45) is 0 Å². The molecule has 118 valence electrons. The monoisotopic (exact) mass is 352 g/mol. The van der Waals surface area contributed by atoms with Crippen molar-refractivity contribution in [2.45, 2.75) is 12.7 Å². The topological polar surface area (TPSA) is 46.3 Å². The summed E-state index contributed by atoms with van der Waals surface area (Å²) in [4.78, 5) is 16.5. The van der Waals surface area contributed by atoms with Crippen LogP contribution in [0, 0.1) is 0 Å². The molecule has 0 bridgehead atoms. The maximum atomic E-state index is 12.7. The van der Waals surface area contributed by atoms with Crippen LogP contribution in [0.25, 0.3) is 0 Å². The fourth-order valence-electron chi connectivity index (χ4n) is 1.72. The van der Waals surface area contributed by atoms with Crippen molar-refractivity contribution in [3.63, 3.8) is 0 Å². The maximum Gasteiger partial charge on any atom is 0.406 e. The normalized spacial score (nSPS) is 11.5. The summed E-state index contributed by atoms with van der Waals surface area (Å²) < 4.78 is 43.0. The average molecular weight is 353 g/mol. The van der Waals surface area contributed by atoms with E-state index in [-0.39, 0.29) is 28.2 Å². The van der Waals surface area contributed by atoms with Gasteiger partial charge in [0.15, 0.2) is 0 Å². The van der Waals surface area contributed by atoms with E-state index in [1.54, 1.807) is 0 Å². The molecular formula is C13H9Cl2F3N2O2. The van der Waals surface area contributed by atoms with E-state index in [9.17, 15) is 18.0 Å². The van der Waals surface area contributed by atoms with E-state index in [1.807, 2.05) is 0 Å². The molecule has 0 N–H and O–H groups in total. The lowest BCUT2D eigenvalue weighted by Gasteiger charge is -2.23. The third-order valence-electron chi connectivity index (χ3n) is 2.60. The van der Waals surface area contributed by atoms with Gasteiger partial charge >= 0.3 is 6.18 Å². The molecule has 0 saturated carbocycles. The fourth-order valence-corrected chi connectivity index (χ4v) is 2.06. The van der Waals surface area contributed by atoms with Gasteiger partial charge in [0.1, 0.15) is 23.2 Å². The highest BCUT2D eigenvalue weighted by Crippen LogP contribution is 2.23. The summed E-state index contributed by atoms with van der Waals surface area (Å²) in [5.41, 5.74) is -0.343. The highest BCUT2D eigenvalue weighted by Gasteiger charge is 2.34. The average Bonchev–Trinajstić information content (AvgIpc) is 2.91. The van der Waals surface area contributed by atoms with Gasteiger partial charge in [-0.1, -0.05) is 23.2 Å². The predicted octanol–water partition coefficient (Wildman–Crippen LogP) is 4.19. The summed E-state index contributed by atoms with van der Waals surface area (Å²) in [7, 11) is 0. The van der Waals surface area contributed by atoms with Gasteiger partial charge in [0.05, 0.1) is 17.8 Å². The van der Waals surface area contributed by atoms with Gasteiger partial charge in [-0.25, -0.2) is 4.98 Å². The number of hydrogen-bond donors (Lipinski definition) is 0. The molecule has 0 unspecified atom stereocenters. The van der Waals surface area contributed by atoms with Gasteiger partial charge in [0.25, 0.3) is 5.91 Å². The lowest BCUT2D eigenvalue weighted by Crippen LogP contribution is -2.39. The van der Waals surface area contributed by atoms with Gasteiger partial charge in [-0.3, -0.25) is 4.79 Å². The highest BCUT2D eigenvalue weighted by atomic mass is 35.5. The minimum Gasteiger partial charge on any atom is -0.467 e. The minimum absolute atomic E-state index is 0.0438. The van der Waals surface area contributed by atoms with Crippen molar-refractivity contribution in [2.75, 3.05) is 6.54 Å². The van der Waals surface area contributed by atoms with E-state index >= 15 is 0 Å². The van der Waals surface area contributed by atoms with Crippen molar-refractivity contribution in [1.29, 1.82) is 0 Å². The van der Waals surface area contributed by atoms with Crippen LogP contribution >= 0.6 is 23.2 Å². The Morgan fingerprint density at radius 1 is 1.27 bits per heavy atom. The van der Waals surface area contributed by atoms with E-state index in [2.05, 4.69) is 4.98 Å². The molecule has 2 rings (SSSR count). The summed E-state index contributed by atoms with van der Waals surface area (Å²) in [6, 6.07) is 5.60. The number of aromatic nitrogens is 1. The summed E-state index contributed by atoms with van der Waals surface area (Å²) in [5, 5.41) is -0.126. The Hall–Kier alpha value is -1.73. The largest absolute Gasteiger partial charge is 0.467 e. The van der Waals surface area contributed by atoms with Crippen LogP contribution in [0.1, 0.15) is 16.2 Å². The molecule has 0 aliphatic carbocycles. The molecule has 0 radical (unpaired) electrons. The Kier molecular flexibility index (Phi) is 4.97. The number of nitrogens with zero attached hydrogens (tertiary/aromatic N) is 2. The molecule has 22 heavy (non-hydrogen) atoms. The number of halogens is 5. The van der Waals surface area contributed by atoms with E-state index in [4.69, 9.17) is 27.6 Å². The van der Waals surface area contributed by atoms with Gasteiger partial charge in [-0.2, -0.15) is 13.2 Å². The zero-order valence-corrected chi connectivity index (χ0v) is 12.4. The zero-order chi connectivity index (χ0) is 16.3. The Morgan fingerprint density at radius 2 is 2.00 bits per heavy atom. The third kappa shape index (κ3) is 4.38. The second kappa shape index (κ2) is 6.58. The van der Waals surface area contributed by atoms with Crippen LogP contribution in [-0.4, -0.2) is 28.5 Å². The second-order valence-corrected chi connectivity index (χ2v) is 5.11. The molecule has 0 spiro atoms. The van der Waals surface area contributed by atoms with Crippen LogP contribution in [0.4, 0.5) is 13.2 Å². The van der Waals surface area contributed by atoms with Crippen LogP contribution in [0.2, 0.25) is 10.2 Å². The first-order chi connectivity index (χ1) is 10.3. The number of carbonyl (C=O) groups is 1. The van der Waals surface area contributed by atoms with Gasteiger partial charge < -0.3 is 9.32 Å². The Bertz CT molecular complexity index is 660. The van der Waals surface area contributed by atoms with Crippen LogP contribution < -0.4 is 0 Å². The minimum atomic E-state index is -4.58. The summed E-state index contributed by atoms with van der Waals surface area (Å²) >= 11 is 11.5. The van der Waals surface area contributed by atoms with Crippen molar-refractivity contribution in [3.05, 3.63) is 52.2 Å². The molecule has 1 amide bonds. The number of pyridine rings is 1. The molecule has 0 atom stereocenters. The zero-order valence-electron chi connectivity index (χ0n) is 10.9. The van der Waals surface area contributed by atoms with Crippen LogP contribution in [0.15, 0.2) is 34.9 Å². The van der Waals surface area contributed by atoms with Gasteiger partial charge in [0.2, 0.25) is 0 Å². The lowest BCUT2D eigenvalue weighted by atomic mass is 10.3. The Morgan fingerprint density at radius 3 is 2.59 bits per heavy atom. The van der Waals surface area contributed by atoms with Crippen LogP contribution in [0.5, 0.6) is 0 Å². The Labute approximate surface area is 133 Å². The van der Waals surface area contributed by atoms with E-state index in [1.165, 1.54) is 30.5 Å². The van der Waals surface area contributed by atoms with Crippen molar-refractivity contribution in [3.8, 4) is 0 Å². The molecule has 4 nitrogen and oxygen atoms in total. The van der Waals surface area contributed by atoms with Crippen molar-refractivity contribution < 1.29 is 22.4 Å². The van der Waals surface area contributed by atoms with E-state index in [0.717, 1.165) is 0 Å². The molecule has 0 aliphatic heterocycles. The molecule has 0 saturated heterocycles. The molecule has 2 aromatic rings. The highest BCUT2D eigenvalue weighted by molar-refractivity contribution is 6.34.